The smallest absolute Gasteiger partial charge is 0.253 e. The number of aromatic nitrogens is 1. The van der Waals surface area contributed by atoms with Gasteiger partial charge in [-0.2, -0.15) is 0 Å². The van der Waals surface area contributed by atoms with Crippen LogP contribution >= 0.6 is 34.5 Å². The SMILES string of the molecule is Cc1nc(CNC(=O)c2cc(N)cc(Cl)c2Cl)cs1. The molecule has 0 aliphatic heterocycles. The van der Waals surface area contributed by atoms with Crippen molar-refractivity contribution in [3.8, 4) is 0 Å². The fraction of sp³-hybridized carbons (Fsp3) is 0.167. The zero-order valence-electron chi connectivity index (χ0n) is 10.0. The van der Waals surface area contributed by atoms with Crippen LogP contribution in [0, 0.1) is 6.92 Å². The summed E-state index contributed by atoms with van der Waals surface area (Å²) in [4.78, 5) is 16.3. The Kier molecular flexibility index (Phi) is 4.29. The predicted octanol–water partition coefficient (Wildman–Crippen LogP) is 3.27. The molecule has 1 aromatic heterocycles. The Morgan fingerprint density at radius 2 is 2.21 bits per heavy atom. The highest BCUT2D eigenvalue weighted by Crippen LogP contribution is 2.28. The van der Waals surface area contributed by atoms with Gasteiger partial charge in [-0.25, -0.2) is 4.98 Å². The number of carbonyl (C=O) groups excluding carboxylic acids is 1. The highest BCUT2D eigenvalue weighted by atomic mass is 35.5. The number of nitrogens with one attached hydrogen (secondary N) is 1. The number of halogens is 2. The summed E-state index contributed by atoms with van der Waals surface area (Å²) in [6.45, 7) is 2.25. The zero-order chi connectivity index (χ0) is 14.0. The molecule has 1 heterocycles. The Balaban J connectivity index is 2.12. The lowest BCUT2D eigenvalue weighted by atomic mass is 10.2. The first-order valence-corrected chi connectivity index (χ1v) is 7.04. The van der Waals surface area contributed by atoms with E-state index in [1.807, 2.05) is 12.3 Å². The van der Waals surface area contributed by atoms with Crippen molar-refractivity contribution < 1.29 is 4.79 Å². The van der Waals surface area contributed by atoms with Gasteiger partial charge in [0.1, 0.15) is 0 Å². The molecule has 0 radical (unpaired) electrons. The second-order valence-corrected chi connectivity index (χ2v) is 5.75. The van der Waals surface area contributed by atoms with Gasteiger partial charge in [-0.1, -0.05) is 23.2 Å². The monoisotopic (exact) mass is 315 g/mol. The van der Waals surface area contributed by atoms with E-state index in [1.165, 1.54) is 23.5 Å². The van der Waals surface area contributed by atoms with E-state index in [1.54, 1.807) is 0 Å². The number of thiazole rings is 1. The molecule has 19 heavy (non-hydrogen) atoms. The lowest BCUT2D eigenvalue weighted by molar-refractivity contribution is 0.0950. The molecule has 0 saturated carbocycles. The summed E-state index contributed by atoms with van der Waals surface area (Å²) in [6.07, 6.45) is 0. The Hall–Kier alpha value is -1.30. The van der Waals surface area contributed by atoms with Crippen molar-refractivity contribution in [1.82, 2.24) is 10.3 Å². The van der Waals surface area contributed by atoms with Crippen molar-refractivity contribution in [1.29, 1.82) is 0 Å². The summed E-state index contributed by atoms with van der Waals surface area (Å²) in [6, 6.07) is 3.00. The van der Waals surface area contributed by atoms with Gasteiger partial charge in [0.05, 0.1) is 32.9 Å². The third kappa shape index (κ3) is 3.37. The van der Waals surface area contributed by atoms with Gasteiger partial charge in [0.15, 0.2) is 0 Å². The number of hydrogen-bond acceptors (Lipinski definition) is 4. The zero-order valence-corrected chi connectivity index (χ0v) is 12.4. The summed E-state index contributed by atoms with van der Waals surface area (Å²) < 4.78 is 0. The number of anilines is 1. The van der Waals surface area contributed by atoms with Gasteiger partial charge in [0, 0.05) is 11.1 Å². The highest BCUT2D eigenvalue weighted by Gasteiger charge is 2.14. The Labute approximate surface area is 124 Å². The van der Waals surface area contributed by atoms with E-state index >= 15 is 0 Å². The molecule has 100 valence electrons. The molecular formula is C12H11Cl2N3OS. The maximum atomic E-state index is 12.0. The molecule has 4 nitrogen and oxygen atoms in total. The number of nitrogens with two attached hydrogens (primary N) is 1. The van der Waals surface area contributed by atoms with Gasteiger partial charge >= 0.3 is 0 Å². The molecule has 0 unspecified atom stereocenters. The Morgan fingerprint density at radius 1 is 1.47 bits per heavy atom. The number of nitrogens with zero attached hydrogens (tertiary/aromatic N) is 1. The van der Waals surface area contributed by atoms with Gasteiger partial charge in [0.25, 0.3) is 5.91 Å². The van der Waals surface area contributed by atoms with Crippen molar-refractivity contribution in [2.24, 2.45) is 0 Å². The van der Waals surface area contributed by atoms with E-state index in [0.29, 0.717) is 12.2 Å². The van der Waals surface area contributed by atoms with Gasteiger partial charge in [0.2, 0.25) is 0 Å². The van der Waals surface area contributed by atoms with Crippen LogP contribution in [0.4, 0.5) is 5.69 Å². The number of aryl methyl sites for hydroxylation is 1. The molecule has 0 aliphatic rings. The van der Waals surface area contributed by atoms with Gasteiger partial charge in [-0.05, 0) is 19.1 Å². The number of hydrogen-bond donors (Lipinski definition) is 2. The van der Waals surface area contributed by atoms with Crippen molar-refractivity contribution in [3.63, 3.8) is 0 Å². The van der Waals surface area contributed by atoms with E-state index in [2.05, 4.69) is 10.3 Å². The second kappa shape index (κ2) is 5.77. The molecule has 0 saturated heterocycles. The summed E-state index contributed by atoms with van der Waals surface area (Å²) in [7, 11) is 0. The largest absolute Gasteiger partial charge is 0.399 e. The average molecular weight is 316 g/mol. The van der Waals surface area contributed by atoms with Gasteiger partial charge in [-0.3, -0.25) is 4.79 Å². The molecule has 0 spiro atoms. The molecule has 0 aliphatic carbocycles. The minimum atomic E-state index is -0.329. The molecule has 0 bridgehead atoms. The van der Waals surface area contributed by atoms with Crippen molar-refractivity contribution in [3.05, 3.63) is 43.8 Å². The normalized spacial score (nSPS) is 10.5. The third-order valence-corrected chi connectivity index (χ3v) is 4.02. The number of carbonyl (C=O) groups is 1. The van der Waals surface area contributed by atoms with Gasteiger partial charge < -0.3 is 11.1 Å². The van der Waals surface area contributed by atoms with Crippen LogP contribution in [-0.4, -0.2) is 10.9 Å². The van der Waals surface area contributed by atoms with Crippen LogP contribution < -0.4 is 11.1 Å². The summed E-state index contributed by atoms with van der Waals surface area (Å²) in [5.41, 5.74) is 7.11. The first kappa shape index (κ1) is 14.1. The number of amides is 1. The highest BCUT2D eigenvalue weighted by molar-refractivity contribution is 7.09. The van der Waals surface area contributed by atoms with Crippen LogP contribution in [0.25, 0.3) is 0 Å². The molecule has 2 aromatic rings. The third-order valence-electron chi connectivity index (χ3n) is 2.39. The standard InChI is InChI=1S/C12H11Cl2N3OS/c1-6-17-8(5-19-6)4-16-12(18)9-2-7(15)3-10(13)11(9)14/h2-3,5H,4,15H2,1H3,(H,16,18). The lowest BCUT2D eigenvalue weighted by Crippen LogP contribution is -2.23. The molecular weight excluding hydrogens is 305 g/mol. The number of benzene rings is 1. The van der Waals surface area contributed by atoms with Gasteiger partial charge in [-0.15, -0.1) is 11.3 Å². The van der Waals surface area contributed by atoms with Crippen molar-refractivity contribution in [2.75, 3.05) is 5.73 Å². The molecule has 1 aromatic carbocycles. The molecule has 2 rings (SSSR count). The fourth-order valence-electron chi connectivity index (χ4n) is 1.53. The van der Waals surface area contributed by atoms with E-state index in [-0.39, 0.29) is 21.5 Å². The van der Waals surface area contributed by atoms with Crippen LogP contribution in [-0.2, 0) is 6.54 Å². The summed E-state index contributed by atoms with van der Waals surface area (Å²) in [5, 5.41) is 6.03. The van der Waals surface area contributed by atoms with E-state index < -0.39 is 0 Å². The predicted molar refractivity (Wildman–Crippen MR) is 78.9 cm³/mol. The first-order valence-electron chi connectivity index (χ1n) is 5.41. The molecule has 1 amide bonds. The van der Waals surface area contributed by atoms with Crippen molar-refractivity contribution >= 4 is 46.1 Å². The van der Waals surface area contributed by atoms with Crippen LogP contribution in [0.1, 0.15) is 21.1 Å². The van der Waals surface area contributed by atoms with E-state index in [4.69, 9.17) is 28.9 Å². The van der Waals surface area contributed by atoms with E-state index in [9.17, 15) is 4.79 Å². The second-order valence-electron chi connectivity index (χ2n) is 3.90. The molecule has 7 heteroatoms. The number of rotatable bonds is 3. The quantitative estimate of drug-likeness (QED) is 0.854. The van der Waals surface area contributed by atoms with Crippen LogP contribution in [0.3, 0.4) is 0 Å². The summed E-state index contributed by atoms with van der Waals surface area (Å²) in [5.74, 6) is -0.329. The van der Waals surface area contributed by atoms with Crippen molar-refractivity contribution in [2.45, 2.75) is 13.5 Å². The molecule has 0 atom stereocenters. The Bertz CT molecular complexity index is 627. The fourth-order valence-corrected chi connectivity index (χ4v) is 2.57. The van der Waals surface area contributed by atoms with Crippen LogP contribution in [0.2, 0.25) is 10.0 Å². The van der Waals surface area contributed by atoms with Crippen LogP contribution in [0.15, 0.2) is 17.5 Å². The molecule has 3 N–H and O–H groups in total. The molecule has 0 fully saturated rings. The minimum absolute atomic E-state index is 0.197. The van der Waals surface area contributed by atoms with Crippen LogP contribution in [0.5, 0.6) is 0 Å². The minimum Gasteiger partial charge on any atom is -0.399 e. The lowest BCUT2D eigenvalue weighted by Gasteiger charge is -2.08. The Morgan fingerprint density at radius 3 is 2.84 bits per heavy atom. The topological polar surface area (TPSA) is 68.0 Å². The van der Waals surface area contributed by atoms with E-state index in [0.717, 1.165) is 10.7 Å². The summed E-state index contributed by atoms with van der Waals surface area (Å²) >= 11 is 13.4. The number of nitrogen functional groups attached to an aromatic ring is 1. The first-order chi connectivity index (χ1) is 8.97. The average Bonchev–Trinajstić information content (AvgIpc) is 2.76. The maximum absolute atomic E-state index is 12.0. The maximum Gasteiger partial charge on any atom is 0.253 e.